The summed E-state index contributed by atoms with van der Waals surface area (Å²) in [5, 5.41) is 2.99. The molecular weight excluding hydrogens is 321 g/mol. The van der Waals surface area contributed by atoms with E-state index in [-0.39, 0.29) is 13.1 Å². The number of anilines is 2. The van der Waals surface area contributed by atoms with Crippen molar-refractivity contribution in [3.63, 3.8) is 0 Å². The molecule has 0 aliphatic heterocycles. The number of halogens is 3. The zero-order chi connectivity index (χ0) is 17.6. The van der Waals surface area contributed by atoms with Crippen LogP contribution in [0.2, 0.25) is 0 Å². The highest BCUT2D eigenvalue weighted by atomic mass is 19.4. The van der Waals surface area contributed by atoms with Crippen molar-refractivity contribution in [2.75, 3.05) is 18.4 Å². The molecule has 1 N–H and O–H groups in total. The van der Waals surface area contributed by atoms with Crippen LogP contribution in [0.1, 0.15) is 23.7 Å². The van der Waals surface area contributed by atoms with E-state index in [0.29, 0.717) is 17.1 Å². The minimum absolute atomic E-state index is 0.205. The molecule has 2 rings (SSSR count). The Morgan fingerprint density at radius 3 is 2.71 bits per heavy atom. The molecule has 24 heavy (non-hydrogen) atoms. The number of nitrogens with one attached hydrogen (secondary N) is 1. The van der Waals surface area contributed by atoms with Gasteiger partial charge in [-0.1, -0.05) is 6.07 Å². The molecule has 5 nitrogen and oxygen atoms in total. The molecule has 0 unspecified atom stereocenters. The first-order valence-electron chi connectivity index (χ1n) is 7.38. The molecule has 8 heteroatoms. The quantitative estimate of drug-likeness (QED) is 0.874. The SMILES string of the molecule is CCN(CCC(F)(F)F)C(=O)c1cccc(Nc2cnccn2)c1. The van der Waals surface area contributed by atoms with Gasteiger partial charge in [0.25, 0.3) is 5.91 Å². The molecule has 0 aliphatic carbocycles. The topological polar surface area (TPSA) is 58.1 Å². The first-order valence-corrected chi connectivity index (χ1v) is 7.38. The molecule has 0 spiro atoms. The summed E-state index contributed by atoms with van der Waals surface area (Å²) in [6.07, 6.45) is -0.735. The van der Waals surface area contributed by atoms with E-state index in [0.717, 1.165) is 0 Å². The maximum absolute atomic E-state index is 12.4. The van der Waals surface area contributed by atoms with Gasteiger partial charge in [0, 0.05) is 36.7 Å². The Bertz CT molecular complexity index is 677. The van der Waals surface area contributed by atoms with Gasteiger partial charge in [-0.2, -0.15) is 13.2 Å². The van der Waals surface area contributed by atoms with Gasteiger partial charge in [0.1, 0.15) is 5.82 Å². The predicted molar refractivity (Wildman–Crippen MR) is 84.0 cm³/mol. The summed E-state index contributed by atoms with van der Waals surface area (Å²) in [4.78, 5) is 21.6. The Morgan fingerprint density at radius 1 is 1.29 bits per heavy atom. The van der Waals surface area contributed by atoms with Gasteiger partial charge in [-0.05, 0) is 25.1 Å². The second kappa shape index (κ2) is 7.76. The predicted octanol–water partition coefficient (Wildman–Crippen LogP) is 3.63. The average Bonchev–Trinajstić information content (AvgIpc) is 2.55. The molecule has 2 aromatic rings. The van der Waals surface area contributed by atoms with Gasteiger partial charge >= 0.3 is 6.18 Å². The Morgan fingerprint density at radius 2 is 2.08 bits per heavy atom. The van der Waals surface area contributed by atoms with Gasteiger partial charge in [-0.25, -0.2) is 4.98 Å². The monoisotopic (exact) mass is 338 g/mol. The fourth-order valence-electron chi connectivity index (χ4n) is 2.09. The number of benzene rings is 1. The fourth-order valence-corrected chi connectivity index (χ4v) is 2.09. The van der Waals surface area contributed by atoms with Crippen LogP contribution in [0, 0.1) is 0 Å². The fraction of sp³-hybridized carbons (Fsp3) is 0.312. The maximum Gasteiger partial charge on any atom is 0.390 e. The minimum atomic E-state index is -4.29. The van der Waals surface area contributed by atoms with Crippen molar-refractivity contribution in [2.24, 2.45) is 0 Å². The van der Waals surface area contributed by atoms with Gasteiger partial charge in [-0.3, -0.25) is 9.78 Å². The third kappa shape index (κ3) is 5.22. The van der Waals surface area contributed by atoms with E-state index in [9.17, 15) is 18.0 Å². The first kappa shape index (κ1) is 17.7. The van der Waals surface area contributed by atoms with E-state index in [2.05, 4.69) is 15.3 Å². The lowest BCUT2D eigenvalue weighted by molar-refractivity contribution is -0.136. The first-order chi connectivity index (χ1) is 11.4. The lowest BCUT2D eigenvalue weighted by Crippen LogP contribution is -2.34. The molecule has 0 radical (unpaired) electrons. The molecule has 0 atom stereocenters. The second-order valence-corrected chi connectivity index (χ2v) is 5.05. The standard InChI is InChI=1S/C16H17F3N4O/c1-2-23(9-6-16(17,18)19)15(24)12-4-3-5-13(10-12)22-14-11-20-7-8-21-14/h3-5,7-8,10-11H,2,6,9H2,1H3,(H,21,22). The number of carbonyl (C=O) groups is 1. The van der Waals surface area contributed by atoms with E-state index in [1.54, 1.807) is 31.2 Å². The van der Waals surface area contributed by atoms with E-state index in [1.807, 2.05) is 0 Å². The number of nitrogens with zero attached hydrogens (tertiary/aromatic N) is 3. The third-order valence-corrected chi connectivity index (χ3v) is 3.28. The van der Waals surface area contributed by atoms with Crippen LogP contribution in [-0.2, 0) is 0 Å². The summed E-state index contributed by atoms with van der Waals surface area (Å²) in [7, 11) is 0. The number of aromatic nitrogens is 2. The molecule has 128 valence electrons. The van der Waals surface area contributed by atoms with Crippen molar-refractivity contribution < 1.29 is 18.0 Å². The van der Waals surface area contributed by atoms with E-state index >= 15 is 0 Å². The molecule has 0 bridgehead atoms. The summed E-state index contributed by atoms with van der Waals surface area (Å²) in [6, 6.07) is 6.54. The smallest absolute Gasteiger partial charge is 0.339 e. The molecule has 1 heterocycles. The molecule has 1 aromatic heterocycles. The second-order valence-electron chi connectivity index (χ2n) is 5.05. The summed E-state index contributed by atoms with van der Waals surface area (Å²) < 4.78 is 37.1. The number of carbonyl (C=O) groups excluding carboxylic acids is 1. The Labute approximate surface area is 137 Å². The van der Waals surface area contributed by atoms with E-state index in [4.69, 9.17) is 0 Å². The van der Waals surface area contributed by atoms with Crippen molar-refractivity contribution in [2.45, 2.75) is 19.5 Å². The van der Waals surface area contributed by atoms with Gasteiger partial charge in [0.15, 0.2) is 0 Å². The molecule has 0 saturated heterocycles. The van der Waals surface area contributed by atoms with Crippen LogP contribution in [0.5, 0.6) is 0 Å². The van der Waals surface area contributed by atoms with Crippen molar-refractivity contribution in [3.05, 3.63) is 48.4 Å². The summed E-state index contributed by atoms with van der Waals surface area (Å²) >= 11 is 0. The summed E-state index contributed by atoms with van der Waals surface area (Å²) in [5.74, 6) is 0.0658. The van der Waals surface area contributed by atoms with Crippen LogP contribution in [0.25, 0.3) is 0 Å². The molecule has 0 aliphatic rings. The summed E-state index contributed by atoms with van der Waals surface area (Å²) in [5.41, 5.74) is 0.918. The molecule has 0 fully saturated rings. The van der Waals surface area contributed by atoms with Gasteiger partial charge in [-0.15, -0.1) is 0 Å². The van der Waals surface area contributed by atoms with Crippen LogP contribution in [-0.4, -0.2) is 40.0 Å². The number of hydrogen-bond acceptors (Lipinski definition) is 4. The molecular formula is C16H17F3N4O. The van der Waals surface area contributed by atoms with Gasteiger partial charge < -0.3 is 10.2 Å². The molecule has 1 aromatic carbocycles. The van der Waals surface area contributed by atoms with Crippen molar-refractivity contribution in [1.29, 1.82) is 0 Å². The maximum atomic E-state index is 12.4. The highest BCUT2D eigenvalue weighted by Crippen LogP contribution is 2.21. The lowest BCUT2D eigenvalue weighted by Gasteiger charge is -2.22. The zero-order valence-corrected chi connectivity index (χ0v) is 13.0. The number of hydrogen-bond donors (Lipinski definition) is 1. The lowest BCUT2D eigenvalue weighted by atomic mass is 10.1. The van der Waals surface area contributed by atoms with E-state index < -0.39 is 18.5 Å². The van der Waals surface area contributed by atoms with Crippen molar-refractivity contribution in [1.82, 2.24) is 14.9 Å². The zero-order valence-electron chi connectivity index (χ0n) is 13.0. The van der Waals surface area contributed by atoms with Crippen LogP contribution in [0.15, 0.2) is 42.9 Å². The highest BCUT2D eigenvalue weighted by molar-refractivity contribution is 5.95. The molecule has 1 amide bonds. The number of rotatable bonds is 6. The van der Waals surface area contributed by atoms with Crippen LogP contribution >= 0.6 is 0 Å². The highest BCUT2D eigenvalue weighted by Gasteiger charge is 2.28. The molecule has 0 saturated carbocycles. The van der Waals surface area contributed by atoms with E-state index in [1.165, 1.54) is 23.5 Å². The number of alkyl halides is 3. The van der Waals surface area contributed by atoms with Crippen molar-refractivity contribution >= 4 is 17.4 Å². The van der Waals surface area contributed by atoms with Gasteiger partial charge in [0.2, 0.25) is 0 Å². The van der Waals surface area contributed by atoms with Crippen LogP contribution < -0.4 is 5.32 Å². The van der Waals surface area contributed by atoms with Crippen LogP contribution in [0.4, 0.5) is 24.7 Å². The van der Waals surface area contributed by atoms with Crippen LogP contribution in [0.3, 0.4) is 0 Å². The Kier molecular flexibility index (Phi) is 5.73. The number of amides is 1. The summed E-state index contributed by atoms with van der Waals surface area (Å²) in [6.45, 7) is 1.49. The Balaban J connectivity index is 2.10. The largest absolute Gasteiger partial charge is 0.390 e. The average molecular weight is 338 g/mol. The Hall–Kier alpha value is -2.64. The minimum Gasteiger partial charge on any atom is -0.339 e. The normalized spacial score (nSPS) is 11.2. The van der Waals surface area contributed by atoms with Crippen molar-refractivity contribution in [3.8, 4) is 0 Å². The van der Waals surface area contributed by atoms with Gasteiger partial charge in [0.05, 0.1) is 12.6 Å². The third-order valence-electron chi connectivity index (χ3n) is 3.28.